The lowest BCUT2D eigenvalue weighted by Gasteiger charge is -2.22. The lowest BCUT2D eigenvalue weighted by atomic mass is 9.84. The molecule has 2 rings (SSSR count). The Bertz CT molecular complexity index is 526. The standard InChI is InChI=1S/C15H23N3/c1-11-4-5-12-13(10-11)18-14(17-12)6-7-15(2,3)8-9-16/h4-5,10H,6-9,16H2,1-3H3,(H,17,18). The molecule has 0 aliphatic carbocycles. The van der Waals surface area contributed by atoms with E-state index in [0.717, 1.165) is 42.7 Å². The minimum absolute atomic E-state index is 0.295. The predicted octanol–water partition coefficient (Wildman–Crippen LogP) is 3.18. The first-order valence-electron chi connectivity index (χ1n) is 6.65. The topological polar surface area (TPSA) is 54.7 Å². The van der Waals surface area contributed by atoms with Crippen molar-refractivity contribution in [2.75, 3.05) is 6.54 Å². The number of H-pyrrole nitrogens is 1. The summed E-state index contributed by atoms with van der Waals surface area (Å²) < 4.78 is 0. The summed E-state index contributed by atoms with van der Waals surface area (Å²) in [6, 6.07) is 6.33. The van der Waals surface area contributed by atoms with E-state index in [0.29, 0.717) is 5.41 Å². The number of rotatable bonds is 5. The number of nitrogens with zero attached hydrogens (tertiary/aromatic N) is 1. The molecule has 3 nitrogen and oxygen atoms in total. The van der Waals surface area contributed by atoms with Gasteiger partial charge in [0.2, 0.25) is 0 Å². The van der Waals surface area contributed by atoms with Gasteiger partial charge in [0, 0.05) is 6.42 Å². The number of benzene rings is 1. The number of nitrogens with one attached hydrogen (secondary N) is 1. The van der Waals surface area contributed by atoms with Crippen molar-refractivity contribution in [2.24, 2.45) is 11.1 Å². The van der Waals surface area contributed by atoms with E-state index in [-0.39, 0.29) is 0 Å². The maximum atomic E-state index is 5.64. The Balaban J connectivity index is 2.08. The minimum Gasteiger partial charge on any atom is -0.342 e. The highest BCUT2D eigenvalue weighted by molar-refractivity contribution is 5.75. The van der Waals surface area contributed by atoms with Gasteiger partial charge in [-0.05, 0) is 49.4 Å². The van der Waals surface area contributed by atoms with Crippen LogP contribution in [0.3, 0.4) is 0 Å². The summed E-state index contributed by atoms with van der Waals surface area (Å²) in [5, 5.41) is 0. The normalized spacial score (nSPS) is 12.2. The highest BCUT2D eigenvalue weighted by Gasteiger charge is 2.17. The van der Waals surface area contributed by atoms with Crippen LogP contribution < -0.4 is 5.73 Å². The smallest absolute Gasteiger partial charge is 0.107 e. The quantitative estimate of drug-likeness (QED) is 0.850. The first-order chi connectivity index (χ1) is 8.50. The molecular weight excluding hydrogens is 222 g/mol. The van der Waals surface area contributed by atoms with E-state index in [9.17, 15) is 0 Å². The van der Waals surface area contributed by atoms with Crippen molar-refractivity contribution in [2.45, 2.75) is 40.0 Å². The number of nitrogens with two attached hydrogens (primary N) is 1. The average molecular weight is 245 g/mol. The summed E-state index contributed by atoms with van der Waals surface area (Å²) >= 11 is 0. The predicted molar refractivity (Wildman–Crippen MR) is 76.6 cm³/mol. The molecule has 1 aromatic heterocycles. The van der Waals surface area contributed by atoms with E-state index in [4.69, 9.17) is 5.73 Å². The second-order valence-corrected chi connectivity index (χ2v) is 5.91. The Kier molecular flexibility index (Phi) is 3.71. The van der Waals surface area contributed by atoms with Crippen LogP contribution in [0.5, 0.6) is 0 Å². The number of aromatic nitrogens is 2. The van der Waals surface area contributed by atoms with Crippen molar-refractivity contribution >= 4 is 11.0 Å². The van der Waals surface area contributed by atoms with Crippen LogP contribution in [0.25, 0.3) is 11.0 Å². The van der Waals surface area contributed by atoms with Crippen LogP contribution in [0, 0.1) is 12.3 Å². The molecule has 98 valence electrons. The highest BCUT2D eigenvalue weighted by atomic mass is 14.9. The van der Waals surface area contributed by atoms with Crippen LogP contribution in [-0.2, 0) is 6.42 Å². The zero-order valence-corrected chi connectivity index (χ0v) is 11.6. The van der Waals surface area contributed by atoms with Crippen molar-refractivity contribution in [1.82, 2.24) is 9.97 Å². The van der Waals surface area contributed by atoms with Crippen molar-refractivity contribution in [3.05, 3.63) is 29.6 Å². The Hall–Kier alpha value is -1.35. The lowest BCUT2D eigenvalue weighted by molar-refractivity contribution is 0.311. The van der Waals surface area contributed by atoms with Gasteiger partial charge in [0.15, 0.2) is 0 Å². The molecule has 0 fully saturated rings. The van der Waals surface area contributed by atoms with Crippen molar-refractivity contribution in [1.29, 1.82) is 0 Å². The molecule has 0 amide bonds. The number of imidazole rings is 1. The van der Waals surface area contributed by atoms with E-state index in [2.05, 4.69) is 48.9 Å². The summed E-state index contributed by atoms with van der Waals surface area (Å²) in [7, 11) is 0. The summed E-state index contributed by atoms with van der Waals surface area (Å²) in [4.78, 5) is 8.04. The van der Waals surface area contributed by atoms with Crippen molar-refractivity contribution in [3.63, 3.8) is 0 Å². The van der Waals surface area contributed by atoms with Gasteiger partial charge in [-0.25, -0.2) is 4.98 Å². The number of hydrogen-bond acceptors (Lipinski definition) is 2. The Labute approximate surface area is 109 Å². The van der Waals surface area contributed by atoms with Crippen LogP contribution in [0.15, 0.2) is 18.2 Å². The molecule has 0 spiro atoms. The van der Waals surface area contributed by atoms with E-state index in [1.54, 1.807) is 0 Å². The molecule has 0 aliphatic rings. The fourth-order valence-electron chi connectivity index (χ4n) is 2.27. The molecule has 18 heavy (non-hydrogen) atoms. The van der Waals surface area contributed by atoms with Gasteiger partial charge in [0.25, 0.3) is 0 Å². The molecule has 3 N–H and O–H groups in total. The molecule has 2 aromatic rings. The van der Waals surface area contributed by atoms with Crippen molar-refractivity contribution in [3.8, 4) is 0 Å². The number of hydrogen-bond donors (Lipinski definition) is 2. The van der Waals surface area contributed by atoms with E-state index in [1.807, 2.05) is 0 Å². The minimum atomic E-state index is 0.295. The summed E-state index contributed by atoms with van der Waals surface area (Å²) in [5.41, 5.74) is 9.40. The third kappa shape index (κ3) is 3.10. The summed E-state index contributed by atoms with van der Waals surface area (Å²) in [6.45, 7) is 7.40. The molecule has 1 heterocycles. The van der Waals surface area contributed by atoms with Crippen LogP contribution in [0.4, 0.5) is 0 Å². The first-order valence-corrected chi connectivity index (χ1v) is 6.65. The van der Waals surface area contributed by atoms with Gasteiger partial charge >= 0.3 is 0 Å². The van der Waals surface area contributed by atoms with Crippen molar-refractivity contribution < 1.29 is 0 Å². The van der Waals surface area contributed by atoms with Gasteiger partial charge in [-0.2, -0.15) is 0 Å². The van der Waals surface area contributed by atoms with E-state index in [1.165, 1.54) is 5.56 Å². The second kappa shape index (κ2) is 5.11. The molecule has 0 bridgehead atoms. The highest BCUT2D eigenvalue weighted by Crippen LogP contribution is 2.26. The van der Waals surface area contributed by atoms with Gasteiger partial charge in [-0.15, -0.1) is 0 Å². The lowest BCUT2D eigenvalue weighted by Crippen LogP contribution is -2.18. The maximum Gasteiger partial charge on any atom is 0.107 e. The van der Waals surface area contributed by atoms with E-state index >= 15 is 0 Å². The average Bonchev–Trinajstić information content (AvgIpc) is 2.68. The summed E-state index contributed by atoms with van der Waals surface area (Å²) in [6.07, 6.45) is 3.16. The molecule has 0 saturated carbocycles. The molecule has 1 aromatic carbocycles. The number of aromatic amines is 1. The largest absolute Gasteiger partial charge is 0.342 e. The maximum absolute atomic E-state index is 5.64. The molecule has 0 saturated heterocycles. The fraction of sp³-hybridized carbons (Fsp3) is 0.533. The third-order valence-electron chi connectivity index (χ3n) is 3.55. The number of fused-ring (bicyclic) bond motifs is 1. The van der Waals surface area contributed by atoms with Crippen LogP contribution in [0.2, 0.25) is 0 Å². The van der Waals surface area contributed by atoms with E-state index < -0.39 is 0 Å². The second-order valence-electron chi connectivity index (χ2n) is 5.91. The SMILES string of the molecule is Cc1ccc2nc(CCC(C)(C)CCN)[nH]c2c1. The molecule has 0 unspecified atom stereocenters. The first kappa shape index (κ1) is 13.1. The Morgan fingerprint density at radius 2 is 2.06 bits per heavy atom. The number of aryl methyl sites for hydroxylation is 2. The zero-order valence-electron chi connectivity index (χ0n) is 11.6. The molecule has 0 atom stereocenters. The van der Waals surface area contributed by atoms with Gasteiger partial charge in [-0.1, -0.05) is 19.9 Å². The molecule has 0 radical (unpaired) electrons. The molecule has 3 heteroatoms. The van der Waals surface area contributed by atoms with Crippen LogP contribution in [0.1, 0.15) is 38.1 Å². The third-order valence-corrected chi connectivity index (χ3v) is 3.55. The van der Waals surface area contributed by atoms with Crippen LogP contribution >= 0.6 is 0 Å². The Morgan fingerprint density at radius 1 is 1.28 bits per heavy atom. The van der Waals surface area contributed by atoms with Gasteiger partial charge in [0.1, 0.15) is 5.82 Å². The fourth-order valence-corrected chi connectivity index (χ4v) is 2.27. The van der Waals surface area contributed by atoms with Gasteiger partial charge in [0.05, 0.1) is 11.0 Å². The summed E-state index contributed by atoms with van der Waals surface area (Å²) in [5.74, 6) is 1.08. The molecular formula is C15H23N3. The zero-order chi connectivity index (χ0) is 13.2. The van der Waals surface area contributed by atoms with Gasteiger partial charge < -0.3 is 10.7 Å². The van der Waals surface area contributed by atoms with Gasteiger partial charge in [-0.3, -0.25) is 0 Å². The monoisotopic (exact) mass is 245 g/mol. The Morgan fingerprint density at radius 3 is 2.78 bits per heavy atom. The molecule has 0 aliphatic heterocycles. The van der Waals surface area contributed by atoms with Crippen LogP contribution in [-0.4, -0.2) is 16.5 Å².